The number of rotatable bonds is 7. The summed E-state index contributed by atoms with van der Waals surface area (Å²) >= 11 is 0. The Balaban J connectivity index is 2.70. The maximum atomic E-state index is 12.0. The van der Waals surface area contributed by atoms with Crippen LogP contribution in [-0.4, -0.2) is 48.0 Å². The molecular weight excluding hydrogens is 278 g/mol. The summed E-state index contributed by atoms with van der Waals surface area (Å²) in [5.41, 5.74) is -0.735. The Labute approximate surface area is 122 Å². The third-order valence-corrected chi connectivity index (χ3v) is 5.19. The van der Waals surface area contributed by atoms with Crippen LogP contribution in [-0.2, 0) is 13.8 Å². The molecule has 20 heavy (non-hydrogen) atoms. The van der Waals surface area contributed by atoms with Crippen LogP contribution in [0.15, 0.2) is 11.9 Å². The molecule has 112 valence electrons. The van der Waals surface area contributed by atoms with Crippen LogP contribution < -0.4 is 0 Å². The van der Waals surface area contributed by atoms with Crippen molar-refractivity contribution in [2.24, 2.45) is 0 Å². The molecule has 2 N–H and O–H groups in total. The van der Waals surface area contributed by atoms with Crippen molar-refractivity contribution in [2.45, 2.75) is 69.9 Å². The molecule has 1 rings (SSSR count). The fourth-order valence-electron chi connectivity index (χ4n) is 2.01. The van der Waals surface area contributed by atoms with Crippen molar-refractivity contribution in [1.29, 1.82) is 0 Å². The number of ether oxygens (including phenoxy) is 1. The fraction of sp³-hybridized carbons (Fsp3) is 0.846. The van der Waals surface area contributed by atoms with Gasteiger partial charge in [-0.25, -0.2) is 0 Å². The monoisotopic (exact) mass is 301 g/mol. The molecule has 0 bridgehead atoms. The average Bonchev–Trinajstić information content (AvgIpc) is 2.65. The second kappa shape index (κ2) is 7.14. The molecule has 1 saturated heterocycles. The van der Waals surface area contributed by atoms with E-state index in [-0.39, 0.29) is 0 Å². The Morgan fingerprint density at radius 3 is 2.45 bits per heavy atom. The van der Waals surface area contributed by atoms with Crippen LogP contribution in [0.4, 0.5) is 0 Å². The summed E-state index contributed by atoms with van der Waals surface area (Å²) in [7, 11) is 3.58. The molecule has 0 spiro atoms. The normalized spacial score (nSPS) is 33.8. The molecule has 5 nitrogen and oxygen atoms in total. The summed E-state index contributed by atoms with van der Waals surface area (Å²) in [6.07, 6.45) is -1.34. The summed E-state index contributed by atoms with van der Waals surface area (Å²) < 4.78 is 22.9. The van der Waals surface area contributed by atoms with Gasteiger partial charge in [-0.15, -0.1) is 4.52 Å². The van der Waals surface area contributed by atoms with E-state index in [0.717, 1.165) is 0 Å². The molecular formula is C13H23BO5P+. The van der Waals surface area contributed by atoms with Gasteiger partial charge in [-0.05, 0) is 24.5 Å². The Bertz CT molecular complexity index is 378. The number of aliphatic hydroxyl groups excluding tert-OH is 2. The first-order valence-electron chi connectivity index (χ1n) is 6.85. The van der Waals surface area contributed by atoms with E-state index in [2.05, 4.69) is 6.58 Å². The van der Waals surface area contributed by atoms with E-state index in [1.807, 2.05) is 13.8 Å². The zero-order valence-electron chi connectivity index (χ0n) is 12.3. The van der Waals surface area contributed by atoms with Gasteiger partial charge in [-0.1, -0.05) is 13.8 Å². The minimum absolute atomic E-state index is 0.299. The molecule has 1 fully saturated rings. The molecule has 6 atom stereocenters. The highest BCUT2D eigenvalue weighted by molar-refractivity contribution is 7.44. The molecule has 0 aromatic heterocycles. The summed E-state index contributed by atoms with van der Waals surface area (Å²) in [5, 5.41) is 20.0. The van der Waals surface area contributed by atoms with Crippen LogP contribution in [0.2, 0.25) is 0 Å². The number of aliphatic hydroxyl groups is 2. The SMILES string of the molecule is [B]C1OC(CC(C)(CC)O[P+](=O)C(=C)CC)C(O)C1O. The van der Waals surface area contributed by atoms with Crippen molar-refractivity contribution in [1.82, 2.24) is 0 Å². The molecule has 1 aliphatic rings. The minimum Gasteiger partial charge on any atom is -0.388 e. The van der Waals surface area contributed by atoms with Gasteiger partial charge in [0, 0.05) is 18.8 Å². The Kier molecular flexibility index (Phi) is 6.36. The third kappa shape index (κ3) is 4.12. The Hall–Kier alpha value is -0.255. The lowest BCUT2D eigenvalue weighted by atomic mass is 9.90. The standard InChI is InChI=1S/C13H23BO5P/c1-5-8(3)20(17)19-13(4,6-2)7-9-10(15)11(16)12(14)18-9/h9-12,15-16H,3,5-7H2,1-2,4H3/q+1. The van der Waals surface area contributed by atoms with E-state index in [0.29, 0.717) is 24.6 Å². The van der Waals surface area contributed by atoms with Crippen molar-refractivity contribution in [3.8, 4) is 0 Å². The van der Waals surface area contributed by atoms with E-state index >= 15 is 0 Å². The van der Waals surface area contributed by atoms with Crippen molar-refractivity contribution in [2.75, 3.05) is 0 Å². The highest BCUT2D eigenvalue weighted by Crippen LogP contribution is 2.42. The predicted octanol–water partition coefficient (Wildman–Crippen LogP) is 1.84. The smallest absolute Gasteiger partial charge is 0.388 e. The summed E-state index contributed by atoms with van der Waals surface area (Å²) in [5.74, 6) is 0. The van der Waals surface area contributed by atoms with E-state index in [9.17, 15) is 14.8 Å². The van der Waals surface area contributed by atoms with E-state index in [1.165, 1.54) is 0 Å². The number of hydrogen-bond acceptors (Lipinski definition) is 5. The quantitative estimate of drug-likeness (QED) is 0.554. The highest BCUT2D eigenvalue weighted by atomic mass is 31.1. The van der Waals surface area contributed by atoms with Gasteiger partial charge < -0.3 is 14.9 Å². The van der Waals surface area contributed by atoms with Gasteiger partial charge in [0.2, 0.25) is 0 Å². The molecule has 0 aromatic rings. The lowest BCUT2D eigenvalue weighted by Crippen LogP contribution is -2.38. The average molecular weight is 301 g/mol. The van der Waals surface area contributed by atoms with Crippen LogP contribution >= 0.6 is 8.03 Å². The summed E-state index contributed by atoms with van der Waals surface area (Å²) in [4.78, 5) is 0. The molecule has 2 radical (unpaired) electrons. The molecule has 7 heteroatoms. The molecule has 1 aliphatic heterocycles. The topological polar surface area (TPSA) is 76.0 Å². The first-order valence-corrected chi connectivity index (χ1v) is 8.03. The maximum Gasteiger partial charge on any atom is 0.544 e. The minimum atomic E-state index is -1.97. The van der Waals surface area contributed by atoms with Crippen molar-refractivity contribution >= 4 is 15.9 Å². The lowest BCUT2D eigenvalue weighted by molar-refractivity contribution is -0.0304. The van der Waals surface area contributed by atoms with Crippen LogP contribution in [0.25, 0.3) is 0 Å². The van der Waals surface area contributed by atoms with Gasteiger partial charge in [0.15, 0.2) is 5.31 Å². The second-order valence-electron chi connectivity index (χ2n) is 5.40. The second-order valence-corrected chi connectivity index (χ2v) is 6.73. The first-order chi connectivity index (χ1) is 9.24. The third-order valence-electron chi connectivity index (χ3n) is 3.75. The van der Waals surface area contributed by atoms with Gasteiger partial charge in [0.1, 0.15) is 19.6 Å². The molecule has 0 amide bonds. The van der Waals surface area contributed by atoms with E-state index < -0.39 is 37.9 Å². The molecule has 0 aromatic carbocycles. The van der Waals surface area contributed by atoms with Crippen molar-refractivity contribution < 1.29 is 24.0 Å². The van der Waals surface area contributed by atoms with Gasteiger partial charge in [-0.3, -0.25) is 0 Å². The molecule has 6 unspecified atom stereocenters. The molecule has 1 heterocycles. The van der Waals surface area contributed by atoms with Crippen molar-refractivity contribution in [3.05, 3.63) is 11.9 Å². The summed E-state index contributed by atoms with van der Waals surface area (Å²) in [6, 6.07) is -0.907. The summed E-state index contributed by atoms with van der Waals surface area (Å²) in [6.45, 7) is 9.28. The number of allylic oxidation sites excluding steroid dienone is 1. The van der Waals surface area contributed by atoms with Gasteiger partial charge in [0.25, 0.3) is 0 Å². The van der Waals surface area contributed by atoms with E-state index in [4.69, 9.17) is 17.1 Å². The largest absolute Gasteiger partial charge is 0.544 e. The maximum absolute atomic E-state index is 12.0. The van der Waals surface area contributed by atoms with E-state index in [1.54, 1.807) is 6.92 Å². The zero-order chi connectivity index (χ0) is 15.5. The van der Waals surface area contributed by atoms with Gasteiger partial charge in [0.05, 0.1) is 12.2 Å². The zero-order valence-corrected chi connectivity index (χ0v) is 13.2. The number of hydrogen-bond donors (Lipinski definition) is 2. The van der Waals surface area contributed by atoms with Crippen LogP contribution in [0.5, 0.6) is 0 Å². The fourth-order valence-corrected chi connectivity index (χ4v) is 3.00. The van der Waals surface area contributed by atoms with Gasteiger partial charge in [-0.2, -0.15) is 0 Å². The molecule has 0 saturated carbocycles. The van der Waals surface area contributed by atoms with Crippen LogP contribution in [0, 0.1) is 0 Å². The Morgan fingerprint density at radius 1 is 1.45 bits per heavy atom. The molecule has 0 aliphatic carbocycles. The van der Waals surface area contributed by atoms with Crippen LogP contribution in [0.3, 0.4) is 0 Å². The van der Waals surface area contributed by atoms with Crippen molar-refractivity contribution in [3.63, 3.8) is 0 Å². The Morgan fingerprint density at radius 2 is 2.05 bits per heavy atom. The highest BCUT2D eigenvalue weighted by Gasteiger charge is 2.46. The lowest BCUT2D eigenvalue weighted by Gasteiger charge is -2.26. The predicted molar refractivity (Wildman–Crippen MR) is 77.9 cm³/mol. The first kappa shape index (κ1) is 17.8. The van der Waals surface area contributed by atoms with Gasteiger partial charge >= 0.3 is 8.03 Å². The van der Waals surface area contributed by atoms with Crippen LogP contribution in [0.1, 0.15) is 40.0 Å².